The van der Waals surface area contributed by atoms with E-state index >= 15 is 0 Å². The highest BCUT2D eigenvalue weighted by Crippen LogP contribution is 2.25. The van der Waals surface area contributed by atoms with E-state index in [-0.39, 0.29) is 0 Å². The zero-order chi connectivity index (χ0) is 14.6. The number of nitrogens with zero attached hydrogens (tertiary/aromatic N) is 1. The summed E-state index contributed by atoms with van der Waals surface area (Å²) in [5.41, 5.74) is 5.57. The van der Waals surface area contributed by atoms with Gasteiger partial charge < -0.3 is 10.2 Å². The molecule has 0 radical (unpaired) electrons. The highest BCUT2D eigenvalue weighted by molar-refractivity contribution is 5.57. The Morgan fingerprint density at radius 1 is 1.11 bits per heavy atom. The van der Waals surface area contributed by atoms with Gasteiger partial charge in [-0.3, -0.25) is 0 Å². The first-order valence-electron chi connectivity index (χ1n) is 7.31. The van der Waals surface area contributed by atoms with Gasteiger partial charge in [0.25, 0.3) is 0 Å². The molecule has 0 aromatic heterocycles. The van der Waals surface area contributed by atoms with Crippen molar-refractivity contribution in [3.63, 3.8) is 0 Å². The van der Waals surface area contributed by atoms with Crippen molar-refractivity contribution in [2.45, 2.75) is 34.6 Å². The van der Waals surface area contributed by atoms with Gasteiger partial charge in [0.05, 0.1) is 0 Å². The molecule has 0 aliphatic carbocycles. The summed E-state index contributed by atoms with van der Waals surface area (Å²) in [4.78, 5) is 2.41. The number of rotatable bonds is 6. The Bertz CT molecular complexity index is 410. The lowest BCUT2D eigenvalue weighted by molar-refractivity contribution is 0.376. The zero-order valence-electron chi connectivity index (χ0n) is 13.7. The molecule has 0 spiro atoms. The smallest absolute Gasteiger partial charge is 0.0396 e. The quantitative estimate of drug-likeness (QED) is 0.843. The van der Waals surface area contributed by atoms with Gasteiger partial charge in [-0.2, -0.15) is 0 Å². The Labute approximate surface area is 119 Å². The van der Waals surface area contributed by atoms with Crippen LogP contribution in [-0.4, -0.2) is 27.2 Å². The van der Waals surface area contributed by atoms with E-state index in [4.69, 9.17) is 0 Å². The minimum absolute atomic E-state index is 0.677. The summed E-state index contributed by atoms with van der Waals surface area (Å²) in [6.07, 6.45) is 0. The van der Waals surface area contributed by atoms with E-state index in [0.717, 1.165) is 13.1 Å². The minimum Gasteiger partial charge on any atom is -0.374 e. The maximum atomic E-state index is 3.31. The monoisotopic (exact) mass is 262 g/mol. The summed E-state index contributed by atoms with van der Waals surface area (Å²) >= 11 is 0. The van der Waals surface area contributed by atoms with Gasteiger partial charge >= 0.3 is 0 Å². The van der Waals surface area contributed by atoms with Gasteiger partial charge in [-0.15, -0.1) is 0 Å². The van der Waals surface area contributed by atoms with Crippen LogP contribution in [0.3, 0.4) is 0 Å². The van der Waals surface area contributed by atoms with Crippen LogP contribution in [0.4, 0.5) is 5.69 Å². The Morgan fingerprint density at radius 3 is 2.26 bits per heavy atom. The second-order valence-corrected chi connectivity index (χ2v) is 6.09. The third kappa shape index (κ3) is 3.97. The fourth-order valence-electron chi connectivity index (χ4n) is 2.58. The fourth-order valence-corrected chi connectivity index (χ4v) is 2.58. The Hall–Kier alpha value is -1.02. The van der Waals surface area contributed by atoms with Gasteiger partial charge in [0.15, 0.2) is 0 Å². The minimum atomic E-state index is 0.677. The summed E-state index contributed by atoms with van der Waals surface area (Å²) in [6, 6.07) is 4.49. The molecule has 1 aromatic rings. The predicted octanol–water partition coefficient (Wildman–Crippen LogP) is 3.54. The summed E-state index contributed by atoms with van der Waals surface area (Å²) in [6.45, 7) is 13.4. The highest BCUT2D eigenvalue weighted by Gasteiger charge is 2.16. The van der Waals surface area contributed by atoms with Crippen molar-refractivity contribution in [3.8, 4) is 0 Å². The Kier molecular flexibility index (Phi) is 5.86. The lowest BCUT2D eigenvalue weighted by atomic mass is 9.94. The van der Waals surface area contributed by atoms with Crippen LogP contribution in [0.5, 0.6) is 0 Å². The molecule has 0 bridgehead atoms. The second-order valence-electron chi connectivity index (χ2n) is 6.09. The molecule has 1 unspecified atom stereocenters. The first kappa shape index (κ1) is 16.0. The topological polar surface area (TPSA) is 15.3 Å². The standard InChI is InChI=1S/C17H30N2/c1-12(2)16(10-18-6)11-19(7)17-9-8-13(3)14(4)15(17)5/h8-9,12,16,18H,10-11H2,1-7H3. The average molecular weight is 262 g/mol. The van der Waals surface area contributed by atoms with Crippen LogP contribution in [0.1, 0.15) is 30.5 Å². The summed E-state index contributed by atoms with van der Waals surface area (Å²) in [5, 5.41) is 3.31. The van der Waals surface area contributed by atoms with E-state index in [1.54, 1.807) is 0 Å². The summed E-state index contributed by atoms with van der Waals surface area (Å²) < 4.78 is 0. The van der Waals surface area contributed by atoms with Gasteiger partial charge in [0, 0.05) is 19.3 Å². The van der Waals surface area contributed by atoms with Crippen molar-refractivity contribution in [1.82, 2.24) is 5.32 Å². The van der Waals surface area contributed by atoms with E-state index in [0.29, 0.717) is 11.8 Å². The number of aryl methyl sites for hydroxylation is 1. The van der Waals surface area contributed by atoms with Crippen LogP contribution >= 0.6 is 0 Å². The SMILES string of the molecule is CNCC(CN(C)c1ccc(C)c(C)c1C)C(C)C. The van der Waals surface area contributed by atoms with Gasteiger partial charge in [0.1, 0.15) is 0 Å². The lowest BCUT2D eigenvalue weighted by Crippen LogP contribution is -2.34. The molecule has 1 atom stereocenters. The van der Waals surface area contributed by atoms with E-state index in [9.17, 15) is 0 Å². The molecular weight excluding hydrogens is 232 g/mol. The van der Waals surface area contributed by atoms with Crippen molar-refractivity contribution in [1.29, 1.82) is 0 Å². The Balaban J connectivity index is 2.88. The second kappa shape index (κ2) is 6.95. The zero-order valence-corrected chi connectivity index (χ0v) is 13.7. The molecule has 1 rings (SSSR count). The number of anilines is 1. The predicted molar refractivity (Wildman–Crippen MR) is 86.2 cm³/mol. The fraction of sp³-hybridized carbons (Fsp3) is 0.647. The maximum absolute atomic E-state index is 3.31. The van der Waals surface area contributed by atoms with Crippen molar-refractivity contribution in [2.75, 3.05) is 32.1 Å². The molecule has 0 aliphatic heterocycles. The third-order valence-electron chi connectivity index (χ3n) is 4.36. The molecule has 1 N–H and O–H groups in total. The molecule has 0 amide bonds. The molecule has 0 aliphatic rings. The van der Waals surface area contributed by atoms with Crippen LogP contribution in [0.25, 0.3) is 0 Å². The van der Waals surface area contributed by atoms with Crippen LogP contribution in [0, 0.1) is 32.6 Å². The Morgan fingerprint density at radius 2 is 1.74 bits per heavy atom. The molecular formula is C17H30N2. The van der Waals surface area contributed by atoms with Crippen LogP contribution < -0.4 is 10.2 Å². The molecule has 108 valence electrons. The number of benzene rings is 1. The van der Waals surface area contributed by atoms with E-state index < -0.39 is 0 Å². The van der Waals surface area contributed by atoms with Gasteiger partial charge in [0.2, 0.25) is 0 Å². The number of nitrogens with one attached hydrogen (secondary N) is 1. The first-order valence-corrected chi connectivity index (χ1v) is 7.31. The van der Waals surface area contributed by atoms with Crippen LogP contribution in [0.15, 0.2) is 12.1 Å². The molecule has 2 nitrogen and oxygen atoms in total. The van der Waals surface area contributed by atoms with Crippen LogP contribution in [-0.2, 0) is 0 Å². The normalized spacial score (nSPS) is 12.8. The van der Waals surface area contributed by atoms with Gasteiger partial charge in [-0.25, -0.2) is 0 Å². The largest absolute Gasteiger partial charge is 0.374 e. The number of hydrogen-bond donors (Lipinski definition) is 1. The molecule has 2 heteroatoms. The van der Waals surface area contributed by atoms with Crippen molar-refractivity contribution in [2.24, 2.45) is 11.8 Å². The molecule has 0 heterocycles. The average Bonchev–Trinajstić information content (AvgIpc) is 2.35. The highest BCUT2D eigenvalue weighted by atomic mass is 15.1. The molecule has 0 fully saturated rings. The lowest BCUT2D eigenvalue weighted by Gasteiger charge is -2.30. The van der Waals surface area contributed by atoms with Crippen molar-refractivity contribution >= 4 is 5.69 Å². The van der Waals surface area contributed by atoms with E-state index in [1.165, 1.54) is 22.4 Å². The molecule has 0 saturated carbocycles. The van der Waals surface area contributed by atoms with E-state index in [1.807, 2.05) is 7.05 Å². The van der Waals surface area contributed by atoms with Gasteiger partial charge in [-0.1, -0.05) is 19.9 Å². The molecule has 1 aromatic carbocycles. The van der Waals surface area contributed by atoms with Crippen LogP contribution in [0.2, 0.25) is 0 Å². The molecule has 0 saturated heterocycles. The maximum Gasteiger partial charge on any atom is 0.0396 e. The van der Waals surface area contributed by atoms with Gasteiger partial charge in [-0.05, 0) is 69.0 Å². The van der Waals surface area contributed by atoms with Crippen molar-refractivity contribution < 1.29 is 0 Å². The third-order valence-corrected chi connectivity index (χ3v) is 4.36. The molecule has 19 heavy (non-hydrogen) atoms. The summed E-state index contributed by atoms with van der Waals surface area (Å²) in [5.74, 6) is 1.37. The number of hydrogen-bond acceptors (Lipinski definition) is 2. The van der Waals surface area contributed by atoms with Crippen molar-refractivity contribution in [3.05, 3.63) is 28.8 Å². The first-order chi connectivity index (χ1) is 8.88. The summed E-state index contributed by atoms with van der Waals surface area (Å²) in [7, 11) is 4.25. The van der Waals surface area contributed by atoms with E-state index in [2.05, 4.69) is 64.0 Å².